The topological polar surface area (TPSA) is 12.4 Å². The molecule has 0 atom stereocenters. The van der Waals surface area contributed by atoms with E-state index >= 15 is 0 Å². The van der Waals surface area contributed by atoms with Crippen molar-refractivity contribution >= 4 is 6.82 Å². The van der Waals surface area contributed by atoms with Crippen LogP contribution >= 0.6 is 0 Å². The molecule has 0 unspecified atom stereocenters. The SMILES string of the molecule is Cc1ccc2[c](c1)[Ra][N]=C2. The van der Waals surface area contributed by atoms with Crippen LogP contribution in [-0.4, -0.2) is 6.21 Å². The van der Waals surface area contributed by atoms with E-state index in [1.807, 2.05) is 6.21 Å². The summed E-state index contributed by atoms with van der Waals surface area (Å²) in [5, 5.41) is 0. The first-order chi connectivity index (χ1) is 4.86. The minimum atomic E-state index is -1.000. The van der Waals surface area contributed by atoms with Crippen LogP contribution in [0.2, 0.25) is 0 Å². The van der Waals surface area contributed by atoms with Crippen LogP contribution in [0.1, 0.15) is 11.1 Å². The van der Waals surface area contributed by atoms with E-state index in [1.54, 1.807) is 0.604 Å². The Hall–Kier alpha value is 0.358. The van der Waals surface area contributed by atoms with E-state index in [0.717, 1.165) is 0 Å². The van der Waals surface area contributed by atoms with Gasteiger partial charge >= 0.3 is 84.6 Å². The van der Waals surface area contributed by atoms with E-state index in [1.165, 1.54) is 11.1 Å². The molecule has 1 nitrogen and oxygen atoms in total. The monoisotopic (exact) mass is 343 g/mol. The summed E-state index contributed by atoms with van der Waals surface area (Å²) in [6.07, 6.45) is 2.04. The van der Waals surface area contributed by atoms with E-state index in [4.69, 9.17) is 0 Å². The van der Waals surface area contributed by atoms with Crippen LogP contribution in [0, 0.1) is 47.9 Å². The second kappa shape index (κ2) is 2.77. The summed E-state index contributed by atoms with van der Waals surface area (Å²) < 4.78 is 5.99. The molecule has 1 aromatic rings. The first-order valence-electron chi connectivity index (χ1n) is 3.45. The molecule has 1 aromatic carbocycles. The Bertz CT molecular complexity index is 291. The molecule has 1 aliphatic heterocycles. The van der Waals surface area contributed by atoms with Crippen molar-refractivity contribution in [2.24, 2.45) is 0.524 Å². The van der Waals surface area contributed by atoms with Crippen molar-refractivity contribution in [3.63, 3.8) is 0 Å². The van der Waals surface area contributed by atoms with E-state index in [0.29, 0.717) is 0 Å². The van der Waals surface area contributed by atoms with Crippen LogP contribution in [0.5, 0.6) is 0 Å². The molecule has 0 saturated carbocycles. The Balaban J connectivity index is 2.59. The van der Waals surface area contributed by atoms with Crippen molar-refractivity contribution in [3.8, 4) is 0 Å². The van der Waals surface area contributed by atoms with E-state index < -0.39 is 41.0 Å². The van der Waals surface area contributed by atoms with Crippen molar-refractivity contribution in [2.75, 3.05) is 0 Å². The number of nitrogens with zero attached hydrogens (tertiary/aromatic N) is 1. The zero-order chi connectivity index (χ0) is 6.97. The van der Waals surface area contributed by atoms with Gasteiger partial charge in [0.2, 0.25) is 0 Å². The van der Waals surface area contributed by atoms with E-state index in [9.17, 15) is 0 Å². The molecule has 0 N–H and O–H groups in total. The first kappa shape index (κ1) is 7.03. The van der Waals surface area contributed by atoms with Gasteiger partial charge in [-0.2, -0.15) is 0 Å². The van der Waals surface area contributed by atoms with Gasteiger partial charge < -0.3 is 0 Å². The molecule has 0 amide bonds. The standard InChI is InChI=1S/C8H7N.Ra/c1-7-2-4-8(6-9)5-3-7;/h2-4,6H,1H3;/q-1;+1. The van der Waals surface area contributed by atoms with Crippen LogP contribution in [0.15, 0.2) is 18.7 Å². The molecule has 0 saturated heterocycles. The number of aryl methyl sites for hydroxylation is 1. The van der Waals surface area contributed by atoms with E-state index in [-0.39, 0.29) is 0 Å². The van der Waals surface area contributed by atoms with Gasteiger partial charge in [0, 0.05) is 0 Å². The fourth-order valence-corrected chi connectivity index (χ4v) is 6.54. The predicted octanol–water partition coefficient (Wildman–Crippen LogP) is 1.05. The normalized spacial score (nSPS) is 12.1. The van der Waals surface area contributed by atoms with Crippen LogP contribution in [0.4, 0.5) is 0 Å². The maximum absolute atomic E-state index is 4.40. The van der Waals surface area contributed by atoms with Gasteiger partial charge in [-0.05, 0) is 0 Å². The number of hydrogen-bond donors (Lipinski definition) is 0. The average Bonchev–Trinajstić information content (AvgIpc) is 2.33. The fourth-order valence-electron chi connectivity index (χ4n) is 1.24. The fraction of sp³-hybridized carbons (Fsp3) is 0.125. The zero-order valence-electron chi connectivity index (χ0n) is 5.96. The molecule has 2 heteroatoms. The molecule has 0 bridgehead atoms. The van der Waals surface area contributed by atoms with Crippen molar-refractivity contribution in [1.29, 1.82) is 0 Å². The van der Waals surface area contributed by atoms with Gasteiger partial charge in [-0.15, -0.1) is 0 Å². The summed E-state index contributed by atoms with van der Waals surface area (Å²) in [5.74, 6) is 0. The Labute approximate surface area is 83.4 Å². The third-order valence-electron chi connectivity index (χ3n) is 1.79. The zero-order valence-corrected chi connectivity index (χ0v) is 11.8. The quantitative estimate of drug-likeness (QED) is 0.668. The molecule has 0 spiro atoms. The van der Waals surface area contributed by atoms with Gasteiger partial charge in [0.25, 0.3) is 0 Å². The molecule has 2 rings (SSSR count). The summed E-state index contributed by atoms with van der Waals surface area (Å²) in [6.45, 7) is 2.15. The van der Waals surface area contributed by atoms with Crippen LogP contribution in [0.3, 0.4) is 0 Å². The van der Waals surface area contributed by atoms with Crippen LogP contribution in [-0.2, 0) is 0 Å². The number of rotatable bonds is 0. The van der Waals surface area contributed by atoms with Gasteiger partial charge in [-0.25, -0.2) is 0 Å². The molecule has 1 aliphatic rings. The molecular formula is C8H7NRa. The average molecular weight is 343 g/mol. The Morgan fingerprint density at radius 2 is 2.30 bits per heavy atom. The van der Waals surface area contributed by atoms with Gasteiger partial charge in [-0.1, -0.05) is 0 Å². The molecular weight excluding hydrogens is 336 g/mol. The third-order valence-corrected chi connectivity index (χ3v) is 7.21. The number of hydrogen-bond acceptors (Lipinski definition) is 1. The van der Waals surface area contributed by atoms with Crippen molar-refractivity contribution in [1.82, 2.24) is 0 Å². The summed E-state index contributed by atoms with van der Waals surface area (Å²) in [7, 11) is 0. The number of fused-ring (bicyclic) bond motifs is 1. The molecule has 0 radical (unpaired) electrons. The Kier molecular flexibility index (Phi) is 1.95. The molecule has 1 heterocycles. The van der Waals surface area contributed by atoms with E-state index in [2.05, 4.69) is 25.6 Å². The molecule has 0 aromatic heterocycles. The van der Waals surface area contributed by atoms with Crippen molar-refractivity contribution < 1.29 is 41.0 Å². The second-order valence-electron chi connectivity index (χ2n) is 2.67. The van der Waals surface area contributed by atoms with Crippen molar-refractivity contribution in [3.05, 3.63) is 29.3 Å². The molecule has 10 heavy (non-hydrogen) atoms. The number of benzene rings is 1. The summed E-state index contributed by atoms with van der Waals surface area (Å²) >= 11 is -1.000. The molecule has 46 valence electrons. The first-order valence-corrected chi connectivity index (χ1v) is 8.96. The minimum absolute atomic E-state index is 1.000. The Morgan fingerprint density at radius 3 is 3.20 bits per heavy atom. The molecule has 0 aliphatic carbocycles. The second-order valence-corrected chi connectivity index (χ2v) is 8.60. The third kappa shape index (κ3) is 1.21. The van der Waals surface area contributed by atoms with Crippen LogP contribution < -0.4 is 0.604 Å². The van der Waals surface area contributed by atoms with Crippen molar-refractivity contribution in [2.45, 2.75) is 6.92 Å². The van der Waals surface area contributed by atoms with Gasteiger partial charge in [0.15, 0.2) is 0 Å². The van der Waals surface area contributed by atoms with Gasteiger partial charge in [0.05, 0.1) is 0 Å². The predicted molar refractivity (Wildman–Crippen MR) is 38.4 cm³/mol. The molecule has 0 fully saturated rings. The summed E-state index contributed by atoms with van der Waals surface area (Å²) in [4.78, 5) is 0. The maximum atomic E-state index is 4.40. The van der Waals surface area contributed by atoms with Gasteiger partial charge in [-0.3, -0.25) is 0 Å². The summed E-state index contributed by atoms with van der Waals surface area (Å²) in [5.41, 5.74) is 2.77. The van der Waals surface area contributed by atoms with Crippen LogP contribution in [0.25, 0.3) is 0 Å². The van der Waals surface area contributed by atoms with Gasteiger partial charge in [0.1, 0.15) is 0 Å². The Morgan fingerprint density at radius 1 is 1.40 bits per heavy atom. The summed E-state index contributed by atoms with van der Waals surface area (Å²) in [6, 6.07) is 6.64.